The second-order valence-corrected chi connectivity index (χ2v) is 5.93. The topological polar surface area (TPSA) is 69.0 Å². The van der Waals surface area contributed by atoms with Crippen molar-refractivity contribution in [3.63, 3.8) is 0 Å². The Morgan fingerprint density at radius 1 is 1.35 bits per heavy atom. The maximum atomic E-state index is 12.8. The van der Waals surface area contributed by atoms with Crippen molar-refractivity contribution in [3.05, 3.63) is 64.1 Å². The number of anilines is 2. The molecule has 4 rings (SSSR count). The van der Waals surface area contributed by atoms with E-state index in [4.69, 9.17) is 11.2 Å². The Bertz CT molecular complexity index is 1140. The van der Waals surface area contributed by atoms with Crippen LogP contribution in [0.4, 0.5) is 11.6 Å². The zero-order chi connectivity index (χ0) is 18.1. The highest BCUT2D eigenvalue weighted by molar-refractivity contribution is 5.84. The Balaban J connectivity index is 1.98. The van der Waals surface area contributed by atoms with E-state index in [1.807, 2.05) is 36.4 Å². The molecular weight excluding hydrogens is 328 g/mol. The molecule has 0 spiro atoms. The lowest BCUT2D eigenvalue weighted by Gasteiger charge is -2.13. The Labute approximate surface area is 150 Å². The maximum absolute atomic E-state index is 12.8. The fourth-order valence-corrected chi connectivity index (χ4v) is 2.96. The molecule has 0 radical (unpaired) electrons. The molecule has 3 aromatic rings. The summed E-state index contributed by atoms with van der Waals surface area (Å²) in [6.45, 7) is 2.51. The third-order valence-electron chi connectivity index (χ3n) is 4.27. The van der Waals surface area contributed by atoms with E-state index >= 15 is 0 Å². The third kappa shape index (κ3) is 2.70. The van der Waals surface area contributed by atoms with Crippen molar-refractivity contribution in [2.75, 3.05) is 11.9 Å². The van der Waals surface area contributed by atoms with Gasteiger partial charge in [0.05, 0.1) is 5.39 Å². The predicted octanol–water partition coefficient (Wildman–Crippen LogP) is 2.77. The minimum atomic E-state index is -0.156. The first kappa shape index (κ1) is 15.9. The average molecular weight is 344 g/mol. The molecule has 6 nitrogen and oxygen atoms in total. The number of aromatic nitrogens is 3. The number of allylic oxidation sites excluding steroid dienone is 1. The monoisotopic (exact) mass is 344 g/mol. The van der Waals surface area contributed by atoms with E-state index in [0.29, 0.717) is 41.3 Å². The normalized spacial score (nSPS) is 14.3. The summed E-state index contributed by atoms with van der Waals surface area (Å²) in [5.41, 5.74) is 2.20. The van der Waals surface area contributed by atoms with Gasteiger partial charge in [0.15, 0.2) is 0 Å². The van der Waals surface area contributed by atoms with Crippen LogP contribution < -0.4 is 15.6 Å². The summed E-state index contributed by atoms with van der Waals surface area (Å²) < 4.78 is 7.30. The van der Waals surface area contributed by atoms with Gasteiger partial charge in [-0.2, -0.15) is 4.98 Å². The summed E-state index contributed by atoms with van der Waals surface area (Å²) in [5.74, 6) is 3.72. The third-order valence-corrected chi connectivity index (χ3v) is 4.27. The Hall–Kier alpha value is -3.59. The van der Waals surface area contributed by atoms with Crippen LogP contribution in [-0.2, 0) is 6.54 Å². The van der Waals surface area contributed by atoms with Crippen LogP contribution in [0.5, 0.6) is 5.75 Å². The summed E-state index contributed by atoms with van der Waals surface area (Å²) in [6, 6.07) is 7.53. The smallest absolute Gasteiger partial charge is 0.256 e. The molecule has 26 heavy (non-hydrogen) atoms. The highest BCUT2D eigenvalue weighted by atomic mass is 16.5. The fraction of sp³-hybridized carbons (Fsp3) is 0.150. The van der Waals surface area contributed by atoms with Crippen LogP contribution in [0.15, 0.2) is 47.4 Å². The standard InChI is InChI=1S/C20H16N4O2/c1-3-16-13(2)19(25)24-9-4-5-10-26-15-8-6-7-14(11-15)22-20-21-12-17(16)18(24)23-20/h1,4-8,11-12H,9-10H2,2H3,(H,21,22,23)/b5-4-. The minimum Gasteiger partial charge on any atom is -0.489 e. The molecule has 0 unspecified atom stereocenters. The first-order valence-electron chi connectivity index (χ1n) is 8.19. The van der Waals surface area contributed by atoms with Gasteiger partial charge in [0.2, 0.25) is 5.95 Å². The van der Waals surface area contributed by atoms with Crippen molar-refractivity contribution >= 4 is 22.7 Å². The molecule has 2 aromatic heterocycles. The van der Waals surface area contributed by atoms with Crippen molar-refractivity contribution in [2.24, 2.45) is 0 Å². The van der Waals surface area contributed by atoms with Crippen LogP contribution in [0.3, 0.4) is 0 Å². The number of benzene rings is 1. The average Bonchev–Trinajstić information content (AvgIpc) is 2.65. The van der Waals surface area contributed by atoms with E-state index in [0.717, 1.165) is 11.4 Å². The molecule has 1 N–H and O–H groups in total. The summed E-state index contributed by atoms with van der Waals surface area (Å²) >= 11 is 0. The van der Waals surface area contributed by atoms with E-state index in [9.17, 15) is 4.79 Å². The maximum Gasteiger partial charge on any atom is 0.256 e. The molecule has 0 saturated carbocycles. The second-order valence-electron chi connectivity index (χ2n) is 5.93. The predicted molar refractivity (Wildman–Crippen MR) is 101 cm³/mol. The molecule has 128 valence electrons. The van der Waals surface area contributed by atoms with Gasteiger partial charge in [0.25, 0.3) is 5.56 Å². The SMILES string of the molecule is C#Cc1c(C)c(=O)n2c3nc(ncc13)Nc1cccc(c1)OC/C=C\C2. The van der Waals surface area contributed by atoms with Gasteiger partial charge in [-0.15, -0.1) is 6.42 Å². The van der Waals surface area contributed by atoms with Gasteiger partial charge in [0.1, 0.15) is 18.0 Å². The number of nitrogens with one attached hydrogen (secondary N) is 1. The van der Waals surface area contributed by atoms with Gasteiger partial charge < -0.3 is 10.1 Å². The lowest BCUT2D eigenvalue weighted by molar-refractivity contribution is 0.362. The van der Waals surface area contributed by atoms with Crippen LogP contribution in [0, 0.1) is 19.3 Å². The highest BCUT2D eigenvalue weighted by Crippen LogP contribution is 2.23. The molecule has 0 fully saturated rings. The van der Waals surface area contributed by atoms with Gasteiger partial charge in [-0.1, -0.05) is 18.1 Å². The van der Waals surface area contributed by atoms with Crippen LogP contribution in [0.2, 0.25) is 0 Å². The summed E-state index contributed by atoms with van der Waals surface area (Å²) in [5, 5.41) is 3.83. The molecule has 0 saturated heterocycles. The minimum absolute atomic E-state index is 0.156. The number of terminal acetylenes is 1. The van der Waals surface area contributed by atoms with Crippen LogP contribution in [0.1, 0.15) is 11.1 Å². The molecule has 1 aromatic carbocycles. The van der Waals surface area contributed by atoms with E-state index in [2.05, 4.69) is 21.2 Å². The van der Waals surface area contributed by atoms with Gasteiger partial charge in [0, 0.05) is 35.6 Å². The van der Waals surface area contributed by atoms with E-state index in [1.165, 1.54) is 0 Å². The summed E-state index contributed by atoms with van der Waals surface area (Å²) in [7, 11) is 0. The van der Waals surface area contributed by atoms with E-state index in [-0.39, 0.29) is 5.56 Å². The number of fused-ring (bicyclic) bond motifs is 3. The first-order chi connectivity index (χ1) is 12.7. The zero-order valence-corrected chi connectivity index (χ0v) is 14.2. The number of ether oxygens (including phenoxy) is 1. The van der Waals surface area contributed by atoms with E-state index in [1.54, 1.807) is 17.7 Å². The Morgan fingerprint density at radius 3 is 3.08 bits per heavy atom. The molecule has 0 atom stereocenters. The lowest BCUT2D eigenvalue weighted by atomic mass is 10.1. The largest absolute Gasteiger partial charge is 0.489 e. The molecule has 6 heteroatoms. The van der Waals surface area contributed by atoms with Gasteiger partial charge in [-0.25, -0.2) is 4.98 Å². The van der Waals surface area contributed by atoms with Crippen molar-refractivity contribution in [1.82, 2.24) is 14.5 Å². The first-order valence-corrected chi connectivity index (χ1v) is 8.19. The highest BCUT2D eigenvalue weighted by Gasteiger charge is 2.15. The number of hydrogen-bond acceptors (Lipinski definition) is 5. The number of hydrogen-bond donors (Lipinski definition) is 1. The van der Waals surface area contributed by atoms with Crippen molar-refractivity contribution in [3.8, 4) is 18.1 Å². The van der Waals surface area contributed by atoms with E-state index < -0.39 is 0 Å². The van der Waals surface area contributed by atoms with Crippen LogP contribution >= 0.6 is 0 Å². The number of rotatable bonds is 0. The number of pyridine rings is 1. The Morgan fingerprint density at radius 2 is 2.23 bits per heavy atom. The van der Waals surface area contributed by atoms with Crippen molar-refractivity contribution in [2.45, 2.75) is 13.5 Å². The lowest BCUT2D eigenvalue weighted by Crippen LogP contribution is -2.24. The fourth-order valence-electron chi connectivity index (χ4n) is 2.96. The quantitative estimate of drug-likeness (QED) is 0.502. The summed E-state index contributed by atoms with van der Waals surface area (Å²) in [6.07, 6.45) is 11.0. The van der Waals surface area contributed by atoms with Crippen LogP contribution in [0.25, 0.3) is 11.0 Å². The molecule has 1 aliphatic rings. The summed E-state index contributed by atoms with van der Waals surface area (Å²) in [4.78, 5) is 21.7. The molecule has 1 aliphatic heterocycles. The number of nitrogens with zero attached hydrogens (tertiary/aromatic N) is 3. The molecule has 0 aliphatic carbocycles. The second kappa shape index (κ2) is 6.37. The molecule has 4 bridgehead atoms. The van der Waals surface area contributed by atoms with Gasteiger partial charge >= 0.3 is 0 Å². The zero-order valence-electron chi connectivity index (χ0n) is 14.2. The van der Waals surface area contributed by atoms with Gasteiger partial charge in [-0.3, -0.25) is 9.36 Å². The van der Waals surface area contributed by atoms with Crippen molar-refractivity contribution < 1.29 is 4.74 Å². The van der Waals surface area contributed by atoms with Crippen molar-refractivity contribution in [1.29, 1.82) is 0 Å². The van der Waals surface area contributed by atoms with Crippen LogP contribution in [-0.4, -0.2) is 21.1 Å². The molecule has 3 heterocycles. The molecule has 0 amide bonds. The Kier molecular flexibility index (Phi) is 3.90. The molecular formula is C20H16N4O2. The van der Waals surface area contributed by atoms with Gasteiger partial charge in [-0.05, 0) is 25.1 Å².